The molecule has 0 amide bonds. The van der Waals surface area contributed by atoms with Crippen LogP contribution in [0.2, 0.25) is 0 Å². The van der Waals surface area contributed by atoms with E-state index < -0.39 is 0 Å². The fraction of sp³-hybridized carbons (Fsp3) is 0.375. The van der Waals surface area contributed by atoms with Gasteiger partial charge in [0.2, 0.25) is 0 Å². The Bertz CT molecular complexity index is 682. The van der Waals surface area contributed by atoms with Gasteiger partial charge >= 0.3 is 0 Å². The van der Waals surface area contributed by atoms with Crippen LogP contribution in [0.5, 0.6) is 0 Å². The third-order valence-electron chi connectivity index (χ3n) is 3.93. The molecular weight excluding hydrogens is 282 g/mol. The molecule has 0 radical (unpaired) electrons. The van der Waals surface area contributed by atoms with Gasteiger partial charge < -0.3 is 9.32 Å². The van der Waals surface area contributed by atoms with Crippen LogP contribution in [0.15, 0.2) is 45.9 Å². The Kier molecular flexibility index (Phi) is 3.03. The number of aryl methyl sites for hydroxylation is 1. The third-order valence-corrected chi connectivity index (χ3v) is 5.04. The summed E-state index contributed by atoms with van der Waals surface area (Å²) >= 11 is 1.85. The molecule has 4 heterocycles. The van der Waals surface area contributed by atoms with Crippen molar-refractivity contribution in [2.45, 2.75) is 31.2 Å². The van der Waals surface area contributed by atoms with Gasteiger partial charge in [0.05, 0.1) is 5.69 Å². The Morgan fingerprint density at radius 1 is 1.29 bits per heavy atom. The molecule has 1 fully saturated rings. The zero-order valence-electron chi connectivity index (χ0n) is 12.1. The van der Waals surface area contributed by atoms with Crippen LogP contribution in [0.4, 0.5) is 0 Å². The topological polar surface area (TPSA) is 41.6 Å². The van der Waals surface area contributed by atoms with Gasteiger partial charge in [-0.3, -0.25) is 4.98 Å². The Hall–Kier alpha value is -1.75. The van der Waals surface area contributed by atoms with Gasteiger partial charge in [-0.2, -0.15) is 0 Å². The molecule has 0 bridgehead atoms. The highest BCUT2D eigenvalue weighted by molar-refractivity contribution is 8.14. The van der Waals surface area contributed by atoms with Crippen LogP contribution in [0.3, 0.4) is 0 Å². The first kappa shape index (κ1) is 13.0. The minimum atomic E-state index is 0.0201. The number of thioether (sulfide) groups is 1. The van der Waals surface area contributed by atoms with E-state index in [1.807, 2.05) is 49.1 Å². The summed E-state index contributed by atoms with van der Waals surface area (Å²) in [4.78, 5) is 11.8. The average Bonchev–Trinajstić information content (AvgIpc) is 3.13. The van der Waals surface area contributed by atoms with E-state index in [0.717, 1.165) is 28.9 Å². The number of fused-ring (bicyclic) bond motifs is 1. The molecule has 0 aromatic carbocycles. The molecule has 2 aliphatic heterocycles. The lowest BCUT2D eigenvalue weighted by molar-refractivity contribution is 0.272. The van der Waals surface area contributed by atoms with Gasteiger partial charge in [-0.05, 0) is 31.2 Å². The number of rotatable bonds is 2. The summed E-state index contributed by atoms with van der Waals surface area (Å²) in [6.07, 6.45) is 1.83. The maximum atomic E-state index is 5.91. The van der Waals surface area contributed by atoms with Gasteiger partial charge in [-0.15, -0.1) is 0 Å². The molecular formula is C16H17N3OS. The lowest BCUT2D eigenvalue weighted by atomic mass is 10.0. The maximum Gasteiger partial charge on any atom is 0.161 e. The number of hydrogen-bond acceptors (Lipinski definition) is 5. The monoisotopic (exact) mass is 299 g/mol. The largest absolute Gasteiger partial charge is 0.464 e. The smallest absolute Gasteiger partial charge is 0.161 e. The van der Waals surface area contributed by atoms with E-state index in [1.165, 1.54) is 0 Å². The molecule has 1 saturated heterocycles. The fourth-order valence-corrected chi connectivity index (χ4v) is 4.13. The summed E-state index contributed by atoms with van der Waals surface area (Å²) in [6.45, 7) is 5.24. The Labute approximate surface area is 128 Å². The van der Waals surface area contributed by atoms with Gasteiger partial charge in [0.15, 0.2) is 5.17 Å². The first-order valence-electron chi connectivity index (χ1n) is 7.21. The first-order chi connectivity index (χ1) is 10.2. The second kappa shape index (κ2) is 4.91. The minimum absolute atomic E-state index is 0.0201. The summed E-state index contributed by atoms with van der Waals surface area (Å²) in [5.74, 6) is 1.93. The number of furan rings is 1. The molecule has 2 aromatic heterocycles. The first-order valence-corrected chi connectivity index (χ1v) is 8.09. The van der Waals surface area contributed by atoms with Crippen molar-refractivity contribution in [2.75, 3.05) is 6.54 Å². The van der Waals surface area contributed by atoms with E-state index in [-0.39, 0.29) is 12.1 Å². The molecule has 4 nitrogen and oxygen atoms in total. The van der Waals surface area contributed by atoms with Gasteiger partial charge in [-0.1, -0.05) is 24.8 Å². The molecule has 0 saturated carbocycles. The van der Waals surface area contributed by atoms with Crippen molar-refractivity contribution in [3.8, 4) is 0 Å². The van der Waals surface area contributed by atoms with E-state index >= 15 is 0 Å². The number of amidine groups is 1. The molecule has 0 aliphatic carbocycles. The average molecular weight is 299 g/mol. The Morgan fingerprint density at radius 3 is 2.90 bits per heavy atom. The van der Waals surface area contributed by atoms with Crippen LogP contribution in [0, 0.1) is 6.92 Å². The lowest BCUT2D eigenvalue weighted by Gasteiger charge is -2.25. The SMILES string of the molecule is Cc1ccc([C@@H]2[C@H](c3ccccn3)N=C3S[C@@H](C)CN32)o1. The van der Waals surface area contributed by atoms with Crippen LogP contribution in [-0.4, -0.2) is 26.8 Å². The molecule has 21 heavy (non-hydrogen) atoms. The normalized spacial score (nSPS) is 27.8. The quantitative estimate of drug-likeness (QED) is 0.850. The summed E-state index contributed by atoms with van der Waals surface area (Å²) in [7, 11) is 0. The standard InChI is InChI=1S/C16H17N3OS/c1-10-6-7-13(20-10)15-14(12-5-3-4-8-17-12)18-16-19(15)9-11(2)21-16/h3-8,11,14-15H,9H2,1-2H3/t11-,14-,15+/m0/s1. The van der Waals surface area contributed by atoms with Gasteiger partial charge in [-0.25, -0.2) is 4.99 Å². The minimum Gasteiger partial charge on any atom is -0.464 e. The molecule has 0 unspecified atom stereocenters. The summed E-state index contributed by atoms with van der Waals surface area (Å²) in [5, 5.41) is 1.70. The number of pyridine rings is 1. The molecule has 4 rings (SSSR count). The van der Waals surface area contributed by atoms with Crippen molar-refractivity contribution in [3.05, 3.63) is 53.7 Å². The number of aromatic nitrogens is 1. The van der Waals surface area contributed by atoms with E-state index in [1.54, 1.807) is 0 Å². The second-order valence-corrected chi connectivity index (χ2v) is 6.99. The van der Waals surface area contributed by atoms with E-state index in [2.05, 4.69) is 22.9 Å². The zero-order chi connectivity index (χ0) is 14.4. The van der Waals surface area contributed by atoms with Crippen molar-refractivity contribution in [2.24, 2.45) is 4.99 Å². The van der Waals surface area contributed by atoms with Crippen molar-refractivity contribution < 1.29 is 4.42 Å². The predicted molar refractivity (Wildman–Crippen MR) is 84.4 cm³/mol. The highest BCUT2D eigenvalue weighted by Gasteiger charge is 2.44. The fourth-order valence-electron chi connectivity index (χ4n) is 3.04. The van der Waals surface area contributed by atoms with E-state index in [0.29, 0.717) is 5.25 Å². The van der Waals surface area contributed by atoms with Gasteiger partial charge in [0.1, 0.15) is 23.6 Å². The summed E-state index contributed by atoms with van der Waals surface area (Å²) in [6, 6.07) is 10.3. The van der Waals surface area contributed by atoms with Gasteiger partial charge in [0.25, 0.3) is 0 Å². The van der Waals surface area contributed by atoms with Crippen LogP contribution in [0.1, 0.15) is 36.2 Å². The molecule has 0 spiro atoms. The van der Waals surface area contributed by atoms with Crippen molar-refractivity contribution >= 4 is 16.9 Å². The summed E-state index contributed by atoms with van der Waals surface area (Å²) in [5.41, 5.74) is 1.01. The zero-order valence-corrected chi connectivity index (χ0v) is 12.9. The lowest BCUT2D eigenvalue weighted by Crippen LogP contribution is -2.28. The van der Waals surface area contributed by atoms with Crippen LogP contribution >= 0.6 is 11.8 Å². The Morgan fingerprint density at radius 2 is 2.19 bits per heavy atom. The number of aliphatic imine (C=N–C) groups is 1. The van der Waals surface area contributed by atoms with Crippen LogP contribution in [0.25, 0.3) is 0 Å². The Balaban J connectivity index is 1.77. The highest BCUT2D eigenvalue weighted by Crippen LogP contribution is 2.47. The van der Waals surface area contributed by atoms with Crippen molar-refractivity contribution in [3.63, 3.8) is 0 Å². The molecule has 0 N–H and O–H groups in total. The van der Waals surface area contributed by atoms with E-state index in [4.69, 9.17) is 9.41 Å². The highest BCUT2D eigenvalue weighted by atomic mass is 32.2. The molecule has 2 aromatic rings. The maximum absolute atomic E-state index is 5.91. The molecule has 108 valence electrons. The molecule has 5 heteroatoms. The predicted octanol–water partition coefficient (Wildman–Crippen LogP) is 3.57. The van der Waals surface area contributed by atoms with Crippen LogP contribution < -0.4 is 0 Å². The van der Waals surface area contributed by atoms with Crippen LogP contribution in [-0.2, 0) is 0 Å². The number of hydrogen-bond donors (Lipinski definition) is 0. The second-order valence-electron chi connectivity index (χ2n) is 5.59. The van der Waals surface area contributed by atoms with Crippen molar-refractivity contribution in [1.29, 1.82) is 0 Å². The van der Waals surface area contributed by atoms with E-state index in [9.17, 15) is 0 Å². The molecule has 3 atom stereocenters. The molecule has 2 aliphatic rings. The van der Waals surface area contributed by atoms with Crippen molar-refractivity contribution in [1.82, 2.24) is 9.88 Å². The van der Waals surface area contributed by atoms with Gasteiger partial charge in [0, 0.05) is 18.0 Å². The third kappa shape index (κ3) is 2.16. The number of nitrogens with zero attached hydrogens (tertiary/aromatic N) is 3. The summed E-state index contributed by atoms with van der Waals surface area (Å²) < 4.78 is 5.91.